The number of hydrogen-bond donors (Lipinski definition) is 1. The molecule has 1 heterocycles. The lowest BCUT2D eigenvalue weighted by Crippen LogP contribution is -1.91. The molecule has 0 aliphatic heterocycles. The Morgan fingerprint density at radius 1 is 1.67 bits per heavy atom. The van der Waals surface area contributed by atoms with Crippen LogP contribution in [-0.4, -0.2) is 10.9 Å². The van der Waals surface area contributed by atoms with Crippen molar-refractivity contribution in [1.29, 1.82) is 0 Å². The predicted molar refractivity (Wildman–Crippen MR) is 53.0 cm³/mol. The standard InChI is InChI=1S/C8H9BrO2S/c1-3-5(10)8-7(11)6(9)4(2)12-8/h11H,3H2,1-2H3. The van der Waals surface area contributed by atoms with Crippen molar-refractivity contribution in [2.45, 2.75) is 20.3 Å². The third kappa shape index (κ3) is 1.54. The van der Waals surface area contributed by atoms with Gasteiger partial charge in [0.2, 0.25) is 0 Å². The Kier molecular flexibility index (Phi) is 2.90. The molecule has 1 aromatic heterocycles. The predicted octanol–water partition coefficient (Wildman–Crippen LogP) is 3.12. The summed E-state index contributed by atoms with van der Waals surface area (Å²) in [5.41, 5.74) is 0. The van der Waals surface area contributed by atoms with Gasteiger partial charge < -0.3 is 5.11 Å². The maximum absolute atomic E-state index is 11.2. The molecule has 2 nitrogen and oxygen atoms in total. The van der Waals surface area contributed by atoms with Crippen molar-refractivity contribution >= 4 is 33.0 Å². The average molecular weight is 249 g/mol. The van der Waals surface area contributed by atoms with Crippen LogP contribution in [0.5, 0.6) is 5.75 Å². The Morgan fingerprint density at radius 2 is 2.25 bits per heavy atom. The summed E-state index contributed by atoms with van der Waals surface area (Å²) < 4.78 is 0.643. The molecule has 0 aliphatic carbocycles. The highest BCUT2D eigenvalue weighted by atomic mass is 79.9. The van der Waals surface area contributed by atoms with Crippen LogP contribution in [0.1, 0.15) is 27.9 Å². The van der Waals surface area contributed by atoms with Crippen LogP contribution in [0.3, 0.4) is 0 Å². The van der Waals surface area contributed by atoms with Crippen molar-refractivity contribution in [3.63, 3.8) is 0 Å². The molecule has 0 unspecified atom stereocenters. The van der Waals surface area contributed by atoms with Gasteiger partial charge in [-0.1, -0.05) is 6.92 Å². The molecular formula is C8H9BrO2S. The zero-order valence-electron chi connectivity index (χ0n) is 6.85. The molecule has 0 bridgehead atoms. The van der Waals surface area contributed by atoms with Gasteiger partial charge in [0.15, 0.2) is 11.5 Å². The summed E-state index contributed by atoms with van der Waals surface area (Å²) in [7, 11) is 0. The molecule has 0 saturated heterocycles. The topological polar surface area (TPSA) is 37.3 Å². The third-order valence-corrected chi connectivity index (χ3v) is 3.93. The highest BCUT2D eigenvalue weighted by Gasteiger charge is 2.17. The SMILES string of the molecule is CCC(=O)c1sc(C)c(Br)c1O. The van der Waals surface area contributed by atoms with Crippen LogP contribution in [0.25, 0.3) is 0 Å². The molecule has 0 atom stereocenters. The summed E-state index contributed by atoms with van der Waals surface area (Å²) in [4.78, 5) is 12.6. The summed E-state index contributed by atoms with van der Waals surface area (Å²) >= 11 is 4.53. The lowest BCUT2D eigenvalue weighted by atomic mass is 10.2. The van der Waals surface area contributed by atoms with E-state index in [1.807, 2.05) is 6.92 Å². The number of ketones is 1. The van der Waals surface area contributed by atoms with Gasteiger partial charge in [0, 0.05) is 11.3 Å². The minimum atomic E-state index is -0.00806. The Hall–Kier alpha value is -0.350. The number of aryl methyl sites for hydroxylation is 1. The number of rotatable bonds is 2. The van der Waals surface area contributed by atoms with E-state index in [0.717, 1.165) is 4.88 Å². The number of halogens is 1. The molecule has 4 heteroatoms. The molecule has 0 aliphatic rings. The van der Waals surface area contributed by atoms with Gasteiger partial charge in [-0.05, 0) is 22.9 Å². The van der Waals surface area contributed by atoms with E-state index in [4.69, 9.17) is 0 Å². The number of carbonyl (C=O) groups excluding carboxylic acids is 1. The van der Waals surface area contributed by atoms with Crippen LogP contribution in [0.15, 0.2) is 4.47 Å². The van der Waals surface area contributed by atoms with Crippen LogP contribution >= 0.6 is 27.3 Å². The second-order valence-electron chi connectivity index (χ2n) is 2.43. The highest BCUT2D eigenvalue weighted by molar-refractivity contribution is 9.10. The fraction of sp³-hybridized carbons (Fsp3) is 0.375. The third-order valence-electron chi connectivity index (χ3n) is 1.56. The second kappa shape index (κ2) is 3.58. The van der Waals surface area contributed by atoms with E-state index >= 15 is 0 Å². The van der Waals surface area contributed by atoms with Crippen molar-refractivity contribution in [3.8, 4) is 5.75 Å². The van der Waals surface area contributed by atoms with Gasteiger partial charge >= 0.3 is 0 Å². The van der Waals surface area contributed by atoms with Gasteiger partial charge in [-0.15, -0.1) is 11.3 Å². The second-order valence-corrected chi connectivity index (χ2v) is 4.44. The zero-order valence-corrected chi connectivity index (χ0v) is 9.25. The summed E-state index contributed by atoms with van der Waals surface area (Å²) in [6.45, 7) is 3.64. The molecule has 0 radical (unpaired) electrons. The summed E-state index contributed by atoms with van der Waals surface area (Å²) in [5.74, 6) is 0.0793. The van der Waals surface area contributed by atoms with Gasteiger partial charge in [-0.2, -0.15) is 0 Å². The molecule has 1 rings (SSSR count). The van der Waals surface area contributed by atoms with E-state index < -0.39 is 0 Å². The Bertz CT molecular complexity index is 317. The first-order valence-corrected chi connectivity index (χ1v) is 5.20. The first kappa shape index (κ1) is 9.74. The van der Waals surface area contributed by atoms with Gasteiger partial charge in [0.05, 0.1) is 4.47 Å². The van der Waals surface area contributed by atoms with E-state index in [2.05, 4.69) is 15.9 Å². The van der Waals surface area contributed by atoms with Gasteiger partial charge in [-0.3, -0.25) is 4.79 Å². The Morgan fingerprint density at radius 3 is 2.58 bits per heavy atom. The monoisotopic (exact) mass is 248 g/mol. The first-order chi connectivity index (χ1) is 5.57. The smallest absolute Gasteiger partial charge is 0.176 e. The average Bonchev–Trinajstić information content (AvgIpc) is 2.32. The Labute approximate surface area is 83.4 Å². The molecule has 0 saturated carbocycles. The summed E-state index contributed by atoms with van der Waals surface area (Å²) in [6, 6.07) is 0. The quantitative estimate of drug-likeness (QED) is 0.817. The highest BCUT2D eigenvalue weighted by Crippen LogP contribution is 2.38. The van der Waals surface area contributed by atoms with Crippen molar-refractivity contribution in [1.82, 2.24) is 0 Å². The van der Waals surface area contributed by atoms with Crippen LogP contribution in [0, 0.1) is 6.92 Å². The van der Waals surface area contributed by atoms with E-state index in [9.17, 15) is 9.90 Å². The van der Waals surface area contributed by atoms with Crippen molar-refractivity contribution in [3.05, 3.63) is 14.2 Å². The van der Waals surface area contributed by atoms with Crippen LogP contribution in [0.4, 0.5) is 0 Å². The molecular weight excluding hydrogens is 240 g/mol. The largest absolute Gasteiger partial charge is 0.505 e. The van der Waals surface area contributed by atoms with Gasteiger partial charge in [-0.25, -0.2) is 0 Å². The lowest BCUT2D eigenvalue weighted by molar-refractivity contribution is 0.0989. The molecule has 0 aromatic carbocycles. The van der Waals surface area contributed by atoms with Crippen LogP contribution in [0.2, 0.25) is 0 Å². The normalized spacial score (nSPS) is 10.2. The Balaban J connectivity index is 3.17. The summed E-state index contributed by atoms with van der Waals surface area (Å²) in [6.07, 6.45) is 0.431. The maximum atomic E-state index is 11.2. The van der Waals surface area contributed by atoms with Crippen molar-refractivity contribution < 1.29 is 9.90 Å². The molecule has 0 spiro atoms. The molecule has 1 aromatic rings. The molecule has 66 valence electrons. The molecule has 0 fully saturated rings. The van der Waals surface area contributed by atoms with Crippen LogP contribution < -0.4 is 0 Å². The van der Waals surface area contributed by atoms with Crippen LogP contribution in [-0.2, 0) is 0 Å². The number of thiophene rings is 1. The summed E-state index contributed by atoms with van der Waals surface area (Å²) in [5, 5.41) is 9.46. The number of aromatic hydroxyl groups is 1. The van der Waals surface area contributed by atoms with Crippen molar-refractivity contribution in [2.24, 2.45) is 0 Å². The fourth-order valence-electron chi connectivity index (χ4n) is 0.862. The van der Waals surface area contributed by atoms with E-state index in [-0.39, 0.29) is 11.5 Å². The lowest BCUT2D eigenvalue weighted by Gasteiger charge is -1.92. The molecule has 1 N–H and O–H groups in total. The van der Waals surface area contributed by atoms with Gasteiger partial charge in [0.1, 0.15) is 4.88 Å². The molecule has 0 amide bonds. The number of hydrogen-bond acceptors (Lipinski definition) is 3. The van der Waals surface area contributed by atoms with E-state index in [0.29, 0.717) is 15.8 Å². The minimum absolute atomic E-state index is 0.00806. The number of carbonyl (C=O) groups is 1. The van der Waals surface area contributed by atoms with Gasteiger partial charge in [0.25, 0.3) is 0 Å². The molecule has 12 heavy (non-hydrogen) atoms. The maximum Gasteiger partial charge on any atom is 0.176 e. The first-order valence-electron chi connectivity index (χ1n) is 3.59. The number of Topliss-reactive ketones (excluding diaryl/α,β-unsaturated/α-hetero) is 1. The zero-order chi connectivity index (χ0) is 9.30. The van der Waals surface area contributed by atoms with Crippen molar-refractivity contribution in [2.75, 3.05) is 0 Å². The fourth-order valence-corrected chi connectivity index (χ4v) is 2.38. The minimum Gasteiger partial charge on any atom is -0.505 e. The van der Waals surface area contributed by atoms with E-state index in [1.54, 1.807) is 6.92 Å². The van der Waals surface area contributed by atoms with E-state index in [1.165, 1.54) is 11.3 Å².